The first-order valence-electron chi connectivity index (χ1n) is 10.2. The van der Waals surface area contributed by atoms with Crippen molar-refractivity contribution in [2.45, 2.75) is 60.6 Å². The van der Waals surface area contributed by atoms with Crippen molar-refractivity contribution in [1.29, 1.82) is 0 Å². The number of hydrogen-bond donors (Lipinski definition) is 1. The minimum atomic E-state index is -5.77. The Morgan fingerprint density at radius 1 is 1.00 bits per heavy atom. The van der Waals surface area contributed by atoms with E-state index in [0.29, 0.717) is 19.3 Å². The van der Waals surface area contributed by atoms with Crippen LogP contribution in [-0.2, 0) is 33.9 Å². The van der Waals surface area contributed by atoms with Gasteiger partial charge in [-0.05, 0) is 38.0 Å². The molecular weight excluding hydrogens is 490 g/mol. The molecule has 33 heavy (non-hydrogen) atoms. The second kappa shape index (κ2) is 7.67. The maximum absolute atomic E-state index is 13.8. The van der Waals surface area contributed by atoms with Crippen LogP contribution in [0.3, 0.4) is 0 Å². The Kier molecular flexibility index (Phi) is 5.80. The van der Waals surface area contributed by atoms with Crippen molar-refractivity contribution >= 4 is 16.1 Å². The molecule has 1 saturated heterocycles. The molecule has 1 spiro atoms. The molecule has 1 aliphatic heterocycles. The zero-order valence-corrected chi connectivity index (χ0v) is 17.9. The summed E-state index contributed by atoms with van der Waals surface area (Å²) in [4.78, 5) is 11.8. The molecule has 4 aliphatic carbocycles. The summed E-state index contributed by atoms with van der Waals surface area (Å²) in [6.45, 7) is -5.71. The molecule has 0 radical (unpaired) electrons. The van der Waals surface area contributed by atoms with Crippen molar-refractivity contribution < 1.29 is 63.1 Å². The summed E-state index contributed by atoms with van der Waals surface area (Å²) in [5, 5.41) is -4.69. The van der Waals surface area contributed by atoms with Crippen molar-refractivity contribution in [2.24, 2.45) is 17.8 Å². The van der Waals surface area contributed by atoms with Crippen LogP contribution in [0, 0.1) is 17.8 Å². The van der Waals surface area contributed by atoms with Gasteiger partial charge in [-0.25, -0.2) is 4.79 Å². The summed E-state index contributed by atoms with van der Waals surface area (Å²) in [5.74, 6) is -12.8. The van der Waals surface area contributed by atoms with Crippen LogP contribution in [0.15, 0.2) is 0 Å². The van der Waals surface area contributed by atoms with Crippen LogP contribution in [0.4, 0.5) is 26.3 Å². The highest BCUT2D eigenvalue weighted by molar-refractivity contribution is 7.86. The quantitative estimate of drug-likeness (QED) is 0.329. The number of alkyl halides is 6. The second-order valence-corrected chi connectivity index (χ2v) is 10.8. The maximum atomic E-state index is 13.8. The number of halogens is 6. The summed E-state index contributed by atoms with van der Waals surface area (Å²) in [6.07, 6.45) is 1.68. The molecule has 4 saturated carbocycles. The van der Waals surface area contributed by atoms with E-state index in [-0.39, 0.29) is 18.8 Å². The zero-order chi connectivity index (χ0) is 24.5. The summed E-state index contributed by atoms with van der Waals surface area (Å²) < 4.78 is 132. The number of carbonyl (C=O) groups excluding carboxylic acids is 1. The molecule has 5 aliphatic rings. The summed E-state index contributed by atoms with van der Waals surface area (Å²) in [7, 11) is -5.77. The topological polar surface area (TPSA) is 108 Å². The predicted molar refractivity (Wildman–Crippen MR) is 94.2 cm³/mol. The smallest absolute Gasteiger partial charge is 0.402 e. The van der Waals surface area contributed by atoms with Gasteiger partial charge in [0.1, 0.15) is 19.8 Å². The standard InChI is InChI=1S/C18H22F6O8S/c19-15(20)7-31-18(32-8-16(15,21)22)11-1-10-2-12(18)5-14(3-10,4-11)30-6-13(25)29-9-17(23,24)33(26,27)28/h10-12H,1-9H2,(H,26,27,28). The van der Waals surface area contributed by atoms with Crippen molar-refractivity contribution in [1.82, 2.24) is 0 Å². The summed E-state index contributed by atoms with van der Waals surface area (Å²) in [6, 6.07) is 0. The van der Waals surface area contributed by atoms with Gasteiger partial charge in [0.2, 0.25) is 0 Å². The molecule has 15 heteroatoms. The highest BCUT2D eigenvalue weighted by Crippen LogP contribution is 2.63. The van der Waals surface area contributed by atoms with E-state index in [9.17, 15) is 39.6 Å². The van der Waals surface area contributed by atoms with Gasteiger partial charge >= 0.3 is 33.2 Å². The molecular formula is C18H22F6O8S. The van der Waals surface area contributed by atoms with E-state index < -0.39 is 82.8 Å². The first kappa shape index (κ1) is 24.9. The molecule has 0 aromatic rings. The lowest BCUT2D eigenvalue weighted by molar-refractivity contribution is -0.357. The van der Waals surface area contributed by atoms with Gasteiger partial charge in [0.25, 0.3) is 0 Å². The molecule has 1 N–H and O–H groups in total. The van der Waals surface area contributed by atoms with E-state index in [1.807, 2.05) is 0 Å². The maximum Gasteiger partial charge on any atom is 0.402 e. The monoisotopic (exact) mass is 512 g/mol. The van der Waals surface area contributed by atoms with Crippen molar-refractivity contribution in [3.63, 3.8) is 0 Å². The molecule has 5 fully saturated rings. The number of rotatable bonds is 6. The molecule has 2 unspecified atom stereocenters. The Labute approximate surface area is 184 Å². The molecule has 1 heterocycles. The molecule has 2 atom stereocenters. The fraction of sp³-hybridized carbons (Fsp3) is 0.944. The van der Waals surface area contributed by atoms with Gasteiger partial charge in [-0.3, -0.25) is 4.55 Å². The second-order valence-electron chi connectivity index (χ2n) is 9.30. The molecule has 0 amide bonds. The predicted octanol–water partition coefficient (Wildman–Crippen LogP) is 2.62. The van der Waals surface area contributed by atoms with E-state index in [4.69, 9.17) is 18.8 Å². The first-order valence-corrected chi connectivity index (χ1v) is 11.6. The van der Waals surface area contributed by atoms with Crippen LogP contribution >= 0.6 is 0 Å². The van der Waals surface area contributed by atoms with E-state index >= 15 is 0 Å². The average Bonchev–Trinajstić information content (AvgIpc) is 2.77. The lowest BCUT2D eigenvalue weighted by Crippen LogP contribution is -2.66. The Bertz CT molecular complexity index is 874. The Morgan fingerprint density at radius 3 is 2.00 bits per heavy atom. The molecule has 4 bridgehead atoms. The highest BCUT2D eigenvalue weighted by atomic mass is 32.2. The fourth-order valence-corrected chi connectivity index (χ4v) is 5.86. The Morgan fingerprint density at radius 2 is 1.52 bits per heavy atom. The Hall–Kier alpha value is -1.16. The number of ether oxygens (including phenoxy) is 4. The van der Waals surface area contributed by atoms with Gasteiger partial charge in [-0.1, -0.05) is 0 Å². The largest absolute Gasteiger partial charge is 0.456 e. The average molecular weight is 512 g/mol. The van der Waals surface area contributed by atoms with Crippen LogP contribution in [-0.4, -0.2) is 73.9 Å². The molecule has 8 nitrogen and oxygen atoms in total. The summed E-state index contributed by atoms with van der Waals surface area (Å²) in [5.41, 5.74) is -0.962. The fourth-order valence-electron chi connectivity index (χ4n) is 5.66. The Balaban J connectivity index is 1.41. The van der Waals surface area contributed by atoms with E-state index in [2.05, 4.69) is 4.74 Å². The SMILES string of the molecule is O=C(COC12CC3CC(C1)C1(OCC(F)(F)C(F)(F)CO1)C(C3)C2)OCC(F)(F)S(=O)(=O)O. The third-order valence-electron chi connectivity index (χ3n) is 7.04. The lowest BCUT2D eigenvalue weighted by Gasteiger charge is -2.63. The minimum Gasteiger partial charge on any atom is -0.456 e. The van der Waals surface area contributed by atoms with Crippen molar-refractivity contribution in [3.8, 4) is 0 Å². The third kappa shape index (κ3) is 4.23. The van der Waals surface area contributed by atoms with Crippen LogP contribution in [0.25, 0.3) is 0 Å². The zero-order valence-electron chi connectivity index (χ0n) is 17.1. The van der Waals surface area contributed by atoms with Gasteiger partial charge in [0, 0.05) is 11.8 Å². The van der Waals surface area contributed by atoms with Crippen molar-refractivity contribution in [3.05, 3.63) is 0 Å². The van der Waals surface area contributed by atoms with Crippen LogP contribution in [0.1, 0.15) is 32.1 Å². The third-order valence-corrected chi connectivity index (χ3v) is 7.91. The normalized spacial score (nSPS) is 36.5. The first-order chi connectivity index (χ1) is 15.0. The van der Waals surface area contributed by atoms with E-state index in [0.717, 1.165) is 0 Å². The van der Waals surface area contributed by atoms with Gasteiger partial charge in [-0.2, -0.15) is 34.8 Å². The number of carbonyl (C=O) groups is 1. The van der Waals surface area contributed by atoms with Crippen LogP contribution < -0.4 is 0 Å². The minimum absolute atomic E-state index is 0.0319. The highest BCUT2D eigenvalue weighted by Gasteiger charge is 2.69. The van der Waals surface area contributed by atoms with Gasteiger partial charge < -0.3 is 18.9 Å². The summed E-state index contributed by atoms with van der Waals surface area (Å²) >= 11 is 0. The van der Waals surface area contributed by atoms with Gasteiger partial charge in [-0.15, -0.1) is 0 Å². The van der Waals surface area contributed by atoms with Gasteiger partial charge in [0.15, 0.2) is 12.4 Å². The number of esters is 1. The van der Waals surface area contributed by atoms with E-state index in [1.165, 1.54) is 0 Å². The lowest BCUT2D eigenvalue weighted by atomic mass is 9.51. The van der Waals surface area contributed by atoms with Gasteiger partial charge in [0.05, 0.1) is 5.60 Å². The van der Waals surface area contributed by atoms with Crippen LogP contribution in [0.5, 0.6) is 0 Å². The number of hydrogen-bond acceptors (Lipinski definition) is 7. The van der Waals surface area contributed by atoms with Crippen molar-refractivity contribution in [2.75, 3.05) is 26.4 Å². The molecule has 0 aromatic carbocycles. The molecule has 5 rings (SSSR count). The van der Waals surface area contributed by atoms with Crippen LogP contribution in [0.2, 0.25) is 0 Å². The van der Waals surface area contributed by atoms with E-state index in [1.54, 1.807) is 0 Å². The molecule has 190 valence electrons. The molecule has 0 aromatic heterocycles.